The van der Waals surface area contributed by atoms with Crippen molar-refractivity contribution in [1.82, 2.24) is 0 Å². The molecule has 2 rings (SSSR count). The SMILES string of the molecule is Cc1ccc(F)c(CNc2ccc(S(N)(=O)=O)cc2)c1. The molecule has 0 fully saturated rings. The predicted molar refractivity (Wildman–Crippen MR) is 76.3 cm³/mol. The van der Waals surface area contributed by atoms with Crippen LogP contribution in [0.15, 0.2) is 47.4 Å². The van der Waals surface area contributed by atoms with Crippen molar-refractivity contribution in [2.75, 3.05) is 5.32 Å². The Balaban J connectivity index is 2.10. The monoisotopic (exact) mass is 294 g/mol. The molecule has 20 heavy (non-hydrogen) atoms. The number of primary sulfonamides is 1. The predicted octanol–water partition coefficient (Wildman–Crippen LogP) is 2.39. The maximum atomic E-state index is 13.6. The molecule has 0 unspecified atom stereocenters. The summed E-state index contributed by atoms with van der Waals surface area (Å²) in [5, 5.41) is 8.04. The van der Waals surface area contributed by atoms with E-state index in [2.05, 4.69) is 5.32 Å². The first kappa shape index (κ1) is 14.5. The highest BCUT2D eigenvalue weighted by atomic mass is 32.2. The van der Waals surface area contributed by atoms with Gasteiger partial charge in [0, 0.05) is 17.8 Å². The number of nitrogens with one attached hydrogen (secondary N) is 1. The van der Waals surface area contributed by atoms with Gasteiger partial charge in [0.1, 0.15) is 5.82 Å². The molecule has 0 aliphatic rings. The van der Waals surface area contributed by atoms with E-state index in [0.29, 0.717) is 17.8 Å². The number of hydrogen-bond acceptors (Lipinski definition) is 3. The molecular weight excluding hydrogens is 279 g/mol. The summed E-state index contributed by atoms with van der Waals surface area (Å²) in [7, 11) is -3.69. The lowest BCUT2D eigenvalue weighted by molar-refractivity contribution is 0.598. The highest BCUT2D eigenvalue weighted by Gasteiger charge is 2.07. The largest absolute Gasteiger partial charge is 0.381 e. The third kappa shape index (κ3) is 3.55. The van der Waals surface area contributed by atoms with E-state index in [1.807, 2.05) is 6.92 Å². The fourth-order valence-corrected chi connectivity index (χ4v) is 2.31. The molecule has 6 heteroatoms. The van der Waals surface area contributed by atoms with Crippen molar-refractivity contribution in [1.29, 1.82) is 0 Å². The van der Waals surface area contributed by atoms with Gasteiger partial charge in [-0.15, -0.1) is 0 Å². The number of aryl methyl sites for hydroxylation is 1. The summed E-state index contributed by atoms with van der Waals surface area (Å²) in [5.74, 6) is -0.274. The first-order chi connectivity index (χ1) is 9.36. The maximum absolute atomic E-state index is 13.6. The van der Waals surface area contributed by atoms with E-state index in [-0.39, 0.29) is 10.7 Å². The molecule has 4 nitrogen and oxygen atoms in total. The van der Waals surface area contributed by atoms with Crippen LogP contribution in [0, 0.1) is 12.7 Å². The zero-order chi connectivity index (χ0) is 14.8. The topological polar surface area (TPSA) is 72.2 Å². The molecule has 0 spiro atoms. The maximum Gasteiger partial charge on any atom is 0.238 e. The summed E-state index contributed by atoms with van der Waals surface area (Å²) in [5.41, 5.74) is 2.23. The van der Waals surface area contributed by atoms with Crippen LogP contribution in [0.5, 0.6) is 0 Å². The van der Waals surface area contributed by atoms with Crippen LogP contribution < -0.4 is 10.5 Å². The Morgan fingerprint density at radius 1 is 1.15 bits per heavy atom. The van der Waals surface area contributed by atoms with Crippen LogP contribution in [0.3, 0.4) is 0 Å². The van der Waals surface area contributed by atoms with Gasteiger partial charge in [0.2, 0.25) is 10.0 Å². The lowest BCUT2D eigenvalue weighted by Gasteiger charge is -2.09. The quantitative estimate of drug-likeness (QED) is 0.909. The zero-order valence-corrected chi connectivity index (χ0v) is 11.7. The Morgan fingerprint density at radius 2 is 1.80 bits per heavy atom. The number of nitrogens with two attached hydrogens (primary N) is 1. The van der Waals surface area contributed by atoms with E-state index in [0.717, 1.165) is 5.56 Å². The van der Waals surface area contributed by atoms with Crippen molar-refractivity contribution in [2.45, 2.75) is 18.4 Å². The third-order valence-corrected chi connectivity index (χ3v) is 3.80. The molecule has 0 atom stereocenters. The number of anilines is 1. The highest BCUT2D eigenvalue weighted by molar-refractivity contribution is 7.89. The number of sulfonamides is 1. The van der Waals surface area contributed by atoms with Crippen LogP contribution in [0.25, 0.3) is 0 Å². The number of rotatable bonds is 4. The highest BCUT2D eigenvalue weighted by Crippen LogP contribution is 2.15. The molecular formula is C14H15FN2O2S. The number of hydrogen-bond donors (Lipinski definition) is 2. The van der Waals surface area contributed by atoms with Crippen LogP contribution in [0.1, 0.15) is 11.1 Å². The van der Waals surface area contributed by atoms with E-state index in [9.17, 15) is 12.8 Å². The van der Waals surface area contributed by atoms with E-state index in [1.54, 1.807) is 24.3 Å². The average molecular weight is 294 g/mol. The molecule has 0 aliphatic carbocycles. The van der Waals surface area contributed by atoms with Crippen LogP contribution in [0.4, 0.5) is 10.1 Å². The standard InChI is InChI=1S/C14H15FN2O2S/c1-10-2-7-14(15)11(8-10)9-17-12-3-5-13(6-4-12)20(16,18)19/h2-8,17H,9H2,1H3,(H2,16,18,19). The van der Waals surface area contributed by atoms with Gasteiger partial charge in [-0.05, 0) is 37.3 Å². The minimum Gasteiger partial charge on any atom is -0.381 e. The Hall–Kier alpha value is -1.92. The fourth-order valence-electron chi connectivity index (χ4n) is 1.80. The van der Waals surface area contributed by atoms with Crippen molar-refractivity contribution < 1.29 is 12.8 Å². The molecule has 0 saturated heterocycles. The minimum absolute atomic E-state index is 0.0461. The van der Waals surface area contributed by atoms with E-state index in [1.165, 1.54) is 18.2 Å². The van der Waals surface area contributed by atoms with Crippen molar-refractivity contribution >= 4 is 15.7 Å². The first-order valence-electron chi connectivity index (χ1n) is 5.98. The van der Waals surface area contributed by atoms with E-state index in [4.69, 9.17) is 5.14 Å². The lowest BCUT2D eigenvalue weighted by Crippen LogP contribution is -2.12. The molecule has 3 N–H and O–H groups in total. The molecule has 0 saturated carbocycles. The van der Waals surface area contributed by atoms with Crippen molar-refractivity contribution in [3.8, 4) is 0 Å². The Morgan fingerprint density at radius 3 is 2.40 bits per heavy atom. The second-order valence-corrected chi connectivity index (χ2v) is 6.08. The van der Waals surface area contributed by atoms with Crippen LogP contribution in [-0.4, -0.2) is 8.42 Å². The summed E-state index contributed by atoms with van der Waals surface area (Å²) in [6.45, 7) is 2.21. The summed E-state index contributed by atoms with van der Waals surface area (Å²) in [4.78, 5) is 0.0461. The summed E-state index contributed by atoms with van der Waals surface area (Å²) in [6, 6.07) is 10.9. The average Bonchev–Trinajstić information content (AvgIpc) is 2.39. The summed E-state index contributed by atoms with van der Waals surface area (Å²) < 4.78 is 35.8. The molecule has 2 aromatic carbocycles. The fraction of sp³-hybridized carbons (Fsp3) is 0.143. The summed E-state index contributed by atoms with van der Waals surface area (Å²) >= 11 is 0. The Bertz CT molecular complexity index is 712. The Kier molecular flexibility index (Phi) is 4.06. The number of benzene rings is 2. The lowest BCUT2D eigenvalue weighted by atomic mass is 10.1. The molecule has 0 aromatic heterocycles. The van der Waals surface area contributed by atoms with Gasteiger partial charge in [0.05, 0.1) is 4.90 Å². The van der Waals surface area contributed by atoms with Gasteiger partial charge in [0.15, 0.2) is 0 Å². The smallest absolute Gasteiger partial charge is 0.238 e. The molecule has 0 aliphatic heterocycles. The minimum atomic E-state index is -3.69. The van der Waals surface area contributed by atoms with Crippen LogP contribution >= 0.6 is 0 Å². The first-order valence-corrected chi connectivity index (χ1v) is 7.52. The van der Waals surface area contributed by atoms with Gasteiger partial charge in [-0.1, -0.05) is 17.7 Å². The molecule has 106 valence electrons. The van der Waals surface area contributed by atoms with Crippen LogP contribution in [0.2, 0.25) is 0 Å². The van der Waals surface area contributed by atoms with Gasteiger partial charge >= 0.3 is 0 Å². The Labute approximate surface area is 117 Å². The third-order valence-electron chi connectivity index (χ3n) is 2.87. The van der Waals surface area contributed by atoms with Gasteiger partial charge in [0.25, 0.3) is 0 Å². The van der Waals surface area contributed by atoms with Gasteiger partial charge in [-0.3, -0.25) is 0 Å². The molecule has 2 aromatic rings. The molecule has 0 amide bonds. The summed E-state index contributed by atoms with van der Waals surface area (Å²) in [6.07, 6.45) is 0. The van der Waals surface area contributed by atoms with Crippen molar-refractivity contribution in [3.63, 3.8) is 0 Å². The van der Waals surface area contributed by atoms with Gasteiger partial charge < -0.3 is 5.32 Å². The van der Waals surface area contributed by atoms with Crippen molar-refractivity contribution in [3.05, 3.63) is 59.4 Å². The number of halogens is 1. The second-order valence-electron chi connectivity index (χ2n) is 4.52. The molecule has 0 radical (unpaired) electrons. The molecule has 0 bridgehead atoms. The van der Waals surface area contributed by atoms with Crippen molar-refractivity contribution in [2.24, 2.45) is 5.14 Å². The van der Waals surface area contributed by atoms with E-state index < -0.39 is 10.0 Å². The zero-order valence-electron chi connectivity index (χ0n) is 10.9. The van der Waals surface area contributed by atoms with Crippen LogP contribution in [-0.2, 0) is 16.6 Å². The normalized spacial score (nSPS) is 11.3. The van der Waals surface area contributed by atoms with Gasteiger partial charge in [-0.25, -0.2) is 17.9 Å². The van der Waals surface area contributed by atoms with Gasteiger partial charge in [-0.2, -0.15) is 0 Å². The second kappa shape index (κ2) is 5.60. The molecule has 0 heterocycles. The van der Waals surface area contributed by atoms with E-state index >= 15 is 0 Å².